The Bertz CT molecular complexity index is 1220. The van der Waals surface area contributed by atoms with E-state index in [4.69, 9.17) is 5.73 Å². The Balaban J connectivity index is 1.67. The summed E-state index contributed by atoms with van der Waals surface area (Å²) in [5.41, 5.74) is 8.86. The van der Waals surface area contributed by atoms with Crippen molar-refractivity contribution in [1.82, 2.24) is 4.57 Å². The Morgan fingerprint density at radius 1 is 1.12 bits per heavy atom. The van der Waals surface area contributed by atoms with E-state index in [0.29, 0.717) is 30.5 Å². The van der Waals surface area contributed by atoms with Crippen LogP contribution in [0.5, 0.6) is 0 Å². The van der Waals surface area contributed by atoms with Gasteiger partial charge >= 0.3 is 0 Å². The van der Waals surface area contributed by atoms with Gasteiger partial charge in [0.2, 0.25) is 5.91 Å². The molecular formula is C25H26FN3O3. The molecule has 166 valence electrons. The summed E-state index contributed by atoms with van der Waals surface area (Å²) in [4.78, 5) is 24.8. The van der Waals surface area contributed by atoms with E-state index in [2.05, 4.69) is 5.32 Å². The van der Waals surface area contributed by atoms with E-state index in [1.54, 1.807) is 10.6 Å². The number of carbonyl (C=O) groups excluding carboxylic acids is 2. The summed E-state index contributed by atoms with van der Waals surface area (Å²) in [5, 5.41) is 14.0. The van der Waals surface area contributed by atoms with Crippen LogP contribution in [0.25, 0.3) is 22.0 Å². The van der Waals surface area contributed by atoms with Gasteiger partial charge in [0.15, 0.2) is 0 Å². The maximum atomic E-state index is 15.2. The van der Waals surface area contributed by atoms with Crippen LogP contribution in [0.3, 0.4) is 0 Å². The van der Waals surface area contributed by atoms with E-state index in [1.165, 1.54) is 6.07 Å². The molecule has 0 atom stereocenters. The molecule has 1 aliphatic heterocycles. The van der Waals surface area contributed by atoms with E-state index in [-0.39, 0.29) is 23.6 Å². The standard InChI is InChI=1S/C25H26FN3O3/c26-18-12-14(13-19(24(18)25(27)32)28-15-8-10-16(30)11-9-15)23-17-4-1-2-5-20(17)29-21(23)6-3-7-22(29)31/h1-2,4-5,12-13,15-16,28,30H,3,6-11H2,(H2,27,32). The van der Waals surface area contributed by atoms with Gasteiger partial charge in [-0.25, -0.2) is 4.39 Å². The van der Waals surface area contributed by atoms with E-state index >= 15 is 4.39 Å². The highest BCUT2D eigenvalue weighted by Gasteiger charge is 2.28. The lowest BCUT2D eigenvalue weighted by atomic mass is 9.92. The maximum absolute atomic E-state index is 15.2. The van der Waals surface area contributed by atoms with Gasteiger partial charge in [0.25, 0.3) is 5.91 Å². The number of aliphatic hydroxyl groups excluding tert-OH is 1. The molecule has 0 saturated heterocycles. The van der Waals surface area contributed by atoms with Crippen LogP contribution in [-0.2, 0) is 6.42 Å². The summed E-state index contributed by atoms with van der Waals surface area (Å²) in [6.45, 7) is 0. The Morgan fingerprint density at radius 2 is 1.88 bits per heavy atom. The fourth-order valence-electron chi connectivity index (χ4n) is 5.21. The number of hydrogen-bond donors (Lipinski definition) is 3. The minimum atomic E-state index is -0.827. The predicted molar refractivity (Wildman–Crippen MR) is 121 cm³/mol. The highest BCUT2D eigenvalue weighted by molar-refractivity contribution is 6.06. The highest BCUT2D eigenvalue weighted by atomic mass is 19.1. The fraction of sp³-hybridized carbons (Fsp3) is 0.360. The summed E-state index contributed by atoms with van der Waals surface area (Å²) in [6, 6.07) is 10.8. The van der Waals surface area contributed by atoms with Crippen LogP contribution in [0.2, 0.25) is 0 Å². The van der Waals surface area contributed by atoms with Crippen molar-refractivity contribution < 1.29 is 19.1 Å². The average molecular weight is 435 g/mol. The third kappa shape index (κ3) is 3.46. The van der Waals surface area contributed by atoms with Crippen molar-refractivity contribution in [2.24, 2.45) is 5.73 Å². The molecule has 0 bridgehead atoms. The molecule has 5 rings (SSSR count). The zero-order chi connectivity index (χ0) is 22.4. The van der Waals surface area contributed by atoms with Gasteiger partial charge in [-0.1, -0.05) is 18.2 Å². The molecule has 6 nitrogen and oxygen atoms in total. The monoisotopic (exact) mass is 435 g/mol. The van der Waals surface area contributed by atoms with Gasteiger partial charge in [0, 0.05) is 29.1 Å². The number of aromatic nitrogens is 1. The van der Waals surface area contributed by atoms with Crippen molar-refractivity contribution in [2.75, 3.05) is 5.32 Å². The number of anilines is 1. The second kappa shape index (κ2) is 8.06. The van der Waals surface area contributed by atoms with Crippen LogP contribution < -0.4 is 11.1 Å². The number of nitrogens with zero attached hydrogens (tertiary/aromatic N) is 1. The minimum absolute atomic E-state index is 0.0208. The lowest BCUT2D eigenvalue weighted by molar-refractivity contribution is 0.0889. The molecule has 0 radical (unpaired) electrons. The van der Waals surface area contributed by atoms with Crippen molar-refractivity contribution in [3.8, 4) is 11.1 Å². The number of nitrogens with two attached hydrogens (primary N) is 1. The third-order valence-electron chi connectivity index (χ3n) is 6.71. The quantitative estimate of drug-likeness (QED) is 0.571. The number of carbonyl (C=O) groups is 2. The van der Waals surface area contributed by atoms with Crippen molar-refractivity contribution >= 4 is 28.4 Å². The largest absolute Gasteiger partial charge is 0.393 e. The number of amides is 1. The average Bonchev–Trinajstić information content (AvgIpc) is 3.10. The summed E-state index contributed by atoms with van der Waals surface area (Å²) in [7, 11) is 0. The number of rotatable bonds is 4. The first-order valence-electron chi connectivity index (χ1n) is 11.2. The Morgan fingerprint density at radius 3 is 2.62 bits per heavy atom. The SMILES string of the molecule is NC(=O)c1c(F)cc(-c2c3n(c4ccccc24)C(=O)CCC3)cc1NC1CCC(O)CC1. The number of benzene rings is 2. The van der Waals surface area contributed by atoms with Crippen LogP contribution >= 0.6 is 0 Å². The number of aliphatic hydroxyl groups is 1. The molecule has 4 N–H and O–H groups in total. The number of hydrogen-bond acceptors (Lipinski definition) is 4. The lowest BCUT2D eigenvalue weighted by Crippen LogP contribution is -2.29. The molecule has 3 aromatic rings. The third-order valence-corrected chi connectivity index (χ3v) is 6.71. The molecular weight excluding hydrogens is 409 g/mol. The summed E-state index contributed by atoms with van der Waals surface area (Å²) in [5.74, 6) is -1.46. The molecule has 0 unspecified atom stereocenters. The smallest absolute Gasteiger partial charge is 0.253 e. The van der Waals surface area contributed by atoms with Gasteiger partial charge in [-0.15, -0.1) is 0 Å². The van der Waals surface area contributed by atoms with Crippen molar-refractivity contribution in [1.29, 1.82) is 0 Å². The van der Waals surface area contributed by atoms with Crippen molar-refractivity contribution in [3.05, 3.63) is 53.5 Å². The number of nitrogens with one attached hydrogen (secondary N) is 1. The van der Waals surface area contributed by atoms with Gasteiger partial charge in [0.05, 0.1) is 22.9 Å². The Labute approximate surface area is 185 Å². The van der Waals surface area contributed by atoms with Gasteiger partial charge in [-0.05, 0) is 62.3 Å². The second-order valence-corrected chi connectivity index (χ2v) is 8.82. The van der Waals surface area contributed by atoms with Crippen LogP contribution in [0.4, 0.5) is 10.1 Å². The molecule has 2 aliphatic rings. The molecule has 0 spiro atoms. The molecule has 1 amide bonds. The fourth-order valence-corrected chi connectivity index (χ4v) is 5.21. The lowest BCUT2D eigenvalue weighted by Gasteiger charge is -2.28. The molecule has 32 heavy (non-hydrogen) atoms. The molecule has 2 heterocycles. The molecule has 1 aromatic heterocycles. The summed E-state index contributed by atoms with van der Waals surface area (Å²) >= 11 is 0. The van der Waals surface area contributed by atoms with Crippen molar-refractivity contribution in [3.63, 3.8) is 0 Å². The first-order valence-corrected chi connectivity index (χ1v) is 11.2. The second-order valence-electron chi connectivity index (χ2n) is 8.82. The topological polar surface area (TPSA) is 97.4 Å². The van der Waals surface area contributed by atoms with Gasteiger partial charge < -0.3 is 16.2 Å². The molecule has 7 heteroatoms. The van der Waals surface area contributed by atoms with Gasteiger partial charge in [-0.2, -0.15) is 0 Å². The number of halogens is 1. The molecule has 1 aliphatic carbocycles. The van der Waals surface area contributed by atoms with Crippen LogP contribution in [0.1, 0.15) is 59.4 Å². The van der Waals surface area contributed by atoms with E-state index < -0.39 is 11.7 Å². The van der Waals surface area contributed by atoms with Gasteiger partial charge in [-0.3, -0.25) is 14.2 Å². The zero-order valence-electron chi connectivity index (χ0n) is 17.7. The normalized spacial score (nSPS) is 20.9. The van der Waals surface area contributed by atoms with Crippen LogP contribution in [0.15, 0.2) is 36.4 Å². The van der Waals surface area contributed by atoms with E-state index in [0.717, 1.165) is 47.8 Å². The summed E-state index contributed by atoms with van der Waals surface area (Å²) in [6.07, 6.45) is 4.41. The molecule has 1 saturated carbocycles. The van der Waals surface area contributed by atoms with E-state index in [9.17, 15) is 14.7 Å². The van der Waals surface area contributed by atoms with E-state index in [1.807, 2.05) is 24.3 Å². The predicted octanol–water partition coefficient (Wildman–Crippen LogP) is 4.24. The Hall–Kier alpha value is -3.19. The maximum Gasteiger partial charge on any atom is 0.253 e. The van der Waals surface area contributed by atoms with Crippen molar-refractivity contribution in [2.45, 2.75) is 57.1 Å². The molecule has 2 aromatic carbocycles. The van der Waals surface area contributed by atoms with Gasteiger partial charge in [0.1, 0.15) is 5.82 Å². The summed E-state index contributed by atoms with van der Waals surface area (Å²) < 4.78 is 17.0. The molecule has 1 fully saturated rings. The van der Waals surface area contributed by atoms with Crippen LogP contribution in [-0.4, -0.2) is 33.6 Å². The minimum Gasteiger partial charge on any atom is -0.393 e. The number of fused-ring (bicyclic) bond motifs is 3. The van der Waals surface area contributed by atoms with Crippen LogP contribution in [0, 0.1) is 5.82 Å². The highest BCUT2D eigenvalue weighted by Crippen LogP contribution is 2.40. The zero-order valence-corrected chi connectivity index (χ0v) is 17.7. The Kier molecular flexibility index (Phi) is 5.21. The number of primary amides is 1. The number of para-hydroxylation sites is 1. The first kappa shape index (κ1) is 20.7. The first-order chi connectivity index (χ1) is 15.4.